The average molecular weight is 198 g/mol. The van der Waals surface area contributed by atoms with Crippen molar-refractivity contribution in [3.63, 3.8) is 0 Å². The highest BCUT2D eigenvalue weighted by Gasteiger charge is 2.35. The van der Waals surface area contributed by atoms with Crippen LogP contribution in [0.2, 0.25) is 0 Å². The van der Waals surface area contributed by atoms with E-state index in [0.717, 1.165) is 19.5 Å². The molecule has 0 radical (unpaired) electrons. The highest BCUT2D eigenvalue weighted by atomic mass is 16.3. The number of hydrogen-bond acceptors (Lipinski definition) is 3. The zero-order valence-electron chi connectivity index (χ0n) is 9.32. The van der Waals surface area contributed by atoms with Crippen molar-refractivity contribution in [2.24, 2.45) is 0 Å². The van der Waals surface area contributed by atoms with Crippen LogP contribution in [0.1, 0.15) is 26.7 Å². The standard InChI is InChI=1S/C11H22N2O/c1-9(2)12-5-7-13(8-6-12)10-3-4-11(10)14/h9-11,14H,3-8H2,1-2H3/t10-,11-/m1/s1. The van der Waals surface area contributed by atoms with E-state index in [4.69, 9.17) is 0 Å². The van der Waals surface area contributed by atoms with Gasteiger partial charge in [0.25, 0.3) is 0 Å². The minimum absolute atomic E-state index is 0.0411. The van der Waals surface area contributed by atoms with Crippen LogP contribution in [0, 0.1) is 0 Å². The maximum Gasteiger partial charge on any atom is 0.0696 e. The summed E-state index contributed by atoms with van der Waals surface area (Å²) in [4.78, 5) is 4.98. The molecule has 1 aliphatic carbocycles. The third-order valence-electron chi connectivity index (χ3n) is 3.75. The Balaban J connectivity index is 1.78. The summed E-state index contributed by atoms with van der Waals surface area (Å²) in [6.45, 7) is 9.13. The summed E-state index contributed by atoms with van der Waals surface area (Å²) in [6, 6.07) is 1.15. The Kier molecular flexibility index (Phi) is 3.10. The lowest BCUT2D eigenvalue weighted by Gasteiger charge is -2.46. The van der Waals surface area contributed by atoms with Gasteiger partial charge in [0.05, 0.1) is 6.10 Å². The fourth-order valence-electron chi connectivity index (χ4n) is 2.48. The van der Waals surface area contributed by atoms with E-state index in [1.807, 2.05) is 0 Å². The van der Waals surface area contributed by atoms with Crippen molar-refractivity contribution in [1.82, 2.24) is 9.80 Å². The van der Waals surface area contributed by atoms with Gasteiger partial charge in [-0.05, 0) is 26.7 Å². The van der Waals surface area contributed by atoms with E-state index in [2.05, 4.69) is 23.6 Å². The Hall–Kier alpha value is -0.120. The first kappa shape index (κ1) is 10.4. The van der Waals surface area contributed by atoms with Gasteiger partial charge in [-0.15, -0.1) is 0 Å². The van der Waals surface area contributed by atoms with E-state index in [0.29, 0.717) is 12.1 Å². The summed E-state index contributed by atoms with van der Waals surface area (Å²) < 4.78 is 0. The summed E-state index contributed by atoms with van der Waals surface area (Å²) >= 11 is 0. The van der Waals surface area contributed by atoms with Gasteiger partial charge >= 0.3 is 0 Å². The van der Waals surface area contributed by atoms with Gasteiger partial charge in [0.1, 0.15) is 0 Å². The van der Waals surface area contributed by atoms with Crippen LogP contribution in [0.25, 0.3) is 0 Å². The van der Waals surface area contributed by atoms with Gasteiger partial charge in [0.15, 0.2) is 0 Å². The zero-order chi connectivity index (χ0) is 10.1. The average Bonchev–Trinajstić information content (AvgIpc) is 2.16. The summed E-state index contributed by atoms with van der Waals surface area (Å²) in [5.74, 6) is 0. The van der Waals surface area contributed by atoms with Crippen molar-refractivity contribution in [2.75, 3.05) is 26.2 Å². The summed E-state index contributed by atoms with van der Waals surface area (Å²) in [6.07, 6.45) is 2.17. The van der Waals surface area contributed by atoms with E-state index >= 15 is 0 Å². The molecule has 0 spiro atoms. The normalized spacial score (nSPS) is 36.0. The quantitative estimate of drug-likeness (QED) is 0.701. The molecule has 82 valence electrons. The molecule has 2 atom stereocenters. The van der Waals surface area contributed by atoms with Gasteiger partial charge in [-0.2, -0.15) is 0 Å². The zero-order valence-corrected chi connectivity index (χ0v) is 9.32. The summed E-state index contributed by atoms with van der Waals surface area (Å²) in [5, 5.41) is 9.58. The predicted octanol–water partition coefficient (Wildman–Crippen LogP) is 0.536. The molecule has 14 heavy (non-hydrogen) atoms. The lowest BCUT2D eigenvalue weighted by Crippen LogP contribution is -2.58. The number of hydrogen-bond donors (Lipinski definition) is 1. The van der Waals surface area contributed by atoms with Crippen LogP contribution in [0.3, 0.4) is 0 Å². The van der Waals surface area contributed by atoms with E-state index in [-0.39, 0.29) is 6.10 Å². The maximum atomic E-state index is 9.58. The third kappa shape index (κ3) is 1.95. The topological polar surface area (TPSA) is 26.7 Å². The Labute approximate surface area is 86.7 Å². The van der Waals surface area contributed by atoms with Gasteiger partial charge in [-0.3, -0.25) is 9.80 Å². The monoisotopic (exact) mass is 198 g/mol. The lowest BCUT2D eigenvalue weighted by molar-refractivity contribution is -0.0420. The highest BCUT2D eigenvalue weighted by molar-refractivity contribution is 4.91. The van der Waals surface area contributed by atoms with E-state index in [1.165, 1.54) is 19.5 Å². The molecule has 3 nitrogen and oxygen atoms in total. The molecule has 0 aromatic heterocycles. The van der Waals surface area contributed by atoms with Crippen molar-refractivity contribution in [3.05, 3.63) is 0 Å². The second kappa shape index (κ2) is 4.17. The predicted molar refractivity (Wildman–Crippen MR) is 57.3 cm³/mol. The van der Waals surface area contributed by atoms with Gasteiger partial charge in [0.2, 0.25) is 0 Å². The van der Waals surface area contributed by atoms with Crippen LogP contribution in [0.5, 0.6) is 0 Å². The molecule has 0 aromatic rings. The smallest absolute Gasteiger partial charge is 0.0696 e. The fraction of sp³-hybridized carbons (Fsp3) is 1.00. The second-order valence-electron chi connectivity index (χ2n) is 4.88. The van der Waals surface area contributed by atoms with E-state index in [9.17, 15) is 5.11 Å². The van der Waals surface area contributed by atoms with Crippen LogP contribution < -0.4 is 0 Å². The molecule has 1 aliphatic heterocycles. The van der Waals surface area contributed by atoms with Crippen molar-refractivity contribution in [2.45, 2.75) is 44.9 Å². The van der Waals surface area contributed by atoms with Crippen LogP contribution in [-0.4, -0.2) is 59.3 Å². The first-order chi connectivity index (χ1) is 6.68. The Morgan fingerprint density at radius 3 is 2.07 bits per heavy atom. The minimum Gasteiger partial charge on any atom is -0.391 e. The van der Waals surface area contributed by atoms with Crippen LogP contribution in [0.15, 0.2) is 0 Å². The van der Waals surface area contributed by atoms with E-state index in [1.54, 1.807) is 0 Å². The number of aliphatic hydroxyl groups is 1. The van der Waals surface area contributed by atoms with Crippen molar-refractivity contribution in [1.29, 1.82) is 0 Å². The number of aliphatic hydroxyl groups excluding tert-OH is 1. The molecule has 1 saturated heterocycles. The summed E-state index contributed by atoms with van der Waals surface area (Å²) in [5.41, 5.74) is 0. The molecular formula is C11H22N2O. The maximum absolute atomic E-state index is 9.58. The Morgan fingerprint density at radius 2 is 1.71 bits per heavy atom. The molecule has 1 heterocycles. The Bertz CT molecular complexity index is 188. The highest BCUT2D eigenvalue weighted by Crippen LogP contribution is 2.26. The fourth-order valence-corrected chi connectivity index (χ4v) is 2.48. The molecule has 0 bridgehead atoms. The molecule has 0 amide bonds. The van der Waals surface area contributed by atoms with Gasteiger partial charge in [-0.1, -0.05) is 0 Å². The lowest BCUT2D eigenvalue weighted by atomic mass is 9.87. The molecule has 1 N–H and O–H groups in total. The molecule has 0 aromatic carbocycles. The third-order valence-corrected chi connectivity index (χ3v) is 3.75. The largest absolute Gasteiger partial charge is 0.391 e. The molecule has 1 saturated carbocycles. The van der Waals surface area contributed by atoms with Crippen LogP contribution in [-0.2, 0) is 0 Å². The Morgan fingerprint density at radius 1 is 1.07 bits per heavy atom. The van der Waals surface area contributed by atoms with Crippen molar-refractivity contribution >= 4 is 0 Å². The van der Waals surface area contributed by atoms with Crippen LogP contribution in [0.4, 0.5) is 0 Å². The molecular weight excluding hydrogens is 176 g/mol. The van der Waals surface area contributed by atoms with Gasteiger partial charge in [-0.25, -0.2) is 0 Å². The number of rotatable bonds is 2. The van der Waals surface area contributed by atoms with Crippen molar-refractivity contribution in [3.8, 4) is 0 Å². The van der Waals surface area contributed by atoms with Gasteiger partial charge in [0, 0.05) is 38.3 Å². The van der Waals surface area contributed by atoms with E-state index < -0.39 is 0 Å². The second-order valence-corrected chi connectivity index (χ2v) is 4.88. The molecule has 2 aliphatic rings. The first-order valence-corrected chi connectivity index (χ1v) is 5.84. The number of piperazine rings is 1. The van der Waals surface area contributed by atoms with Crippen LogP contribution >= 0.6 is 0 Å². The number of nitrogens with zero attached hydrogens (tertiary/aromatic N) is 2. The SMILES string of the molecule is CC(C)N1CCN([C@@H]2CC[C@H]2O)CC1. The van der Waals surface area contributed by atoms with Crippen molar-refractivity contribution < 1.29 is 5.11 Å². The molecule has 2 rings (SSSR count). The minimum atomic E-state index is -0.0411. The van der Waals surface area contributed by atoms with Gasteiger partial charge < -0.3 is 5.11 Å². The summed E-state index contributed by atoms with van der Waals surface area (Å²) in [7, 11) is 0. The molecule has 3 heteroatoms. The molecule has 0 unspecified atom stereocenters. The molecule has 2 fully saturated rings. The first-order valence-electron chi connectivity index (χ1n) is 5.84.